The van der Waals surface area contributed by atoms with E-state index in [9.17, 15) is 9.59 Å². The van der Waals surface area contributed by atoms with Crippen LogP contribution in [0.25, 0.3) is 0 Å². The molecule has 2 aromatic rings. The molecule has 134 valence electrons. The van der Waals surface area contributed by atoms with Crippen LogP contribution in [0.4, 0.5) is 0 Å². The summed E-state index contributed by atoms with van der Waals surface area (Å²) < 4.78 is 10.6. The Balaban J connectivity index is 2.19. The lowest BCUT2D eigenvalue weighted by atomic mass is 10.0. The van der Waals surface area contributed by atoms with Gasteiger partial charge in [0.05, 0.1) is 18.9 Å². The lowest BCUT2D eigenvalue weighted by Crippen LogP contribution is -2.37. The molecule has 1 unspecified atom stereocenters. The zero-order valence-corrected chi connectivity index (χ0v) is 14.9. The molecule has 25 heavy (non-hydrogen) atoms. The van der Waals surface area contributed by atoms with Crippen LogP contribution in [-0.4, -0.2) is 42.1 Å². The molecule has 1 aromatic carbocycles. The molecule has 0 aliphatic rings. The van der Waals surface area contributed by atoms with Gasteiger partial charge in [-0.2, -0.15) is 0 Å². The number of amides is 1. The van der Waals surface area contributed by atoms with Crippen LogP contribution < -0.4 is 4.74 Å². The Hall–Kier alpha value is -2.76. The van der Waals surface area contributed by atoms with E-state index in [1.807, 2.05) is 31.2 Å². The number of rotatable bonds is 7. The minimum absolute atomic E-state index is 0.101. The molecule has 2 rings (SSSR count). The number of ether oxygens (including phenoxy) is 1. The number of furan rings is 1. The Bertz CT molecular complexity index is 765. The van der Waals surface area contributed by atoms with E-state index in [-0.39, 0.29) is 24.1 Å². The van der Waals surface area contributed by atoms with Crippen molar-refractivity contribution in [1.29, 1.82) is 0 Å². The molecule has 1 atom stereocenters. The van der Waals surface area contributed by atoms with Crippen LogP contribution in [0.3, 0.4) is 0 Å². The first-order valence-corrected chi connectivity index (χ1v) is 8.03. The molecule has 6 nitrogen and oxygen atoms in total. The van der Waals surface area contributed by atoms with Crippen molar-refractivity contribution in [2.45, 2.75) is 32.7 Å². The number of carboxylic acids is 1. The van der Waals surface area contributed by atoms with E-state index >= 15 is 0 Å². The van der Waals surface area contributed by atoms with Crippen molar-refractivity contribution in [2.24, 2.45) is 0 Å². The standard InChI is InChI=1S/C19H23NO5/c1-12-11-25-16(10-17(21)22)18(12)19(23)20(3)13(2)9-14-7-5-6-8-15(14)24-4/h5-8,11,13H,9-10H2,1-4H3,(H,21,22). The number of carboxylic acid groups (broad SMARTS) is 1. The fourth-order valence-electron chi connectivity index (χ4n) is 2.76. The third-order valence-electron chi connectivity index (χ3n) is 4.27. The monoisotopic (exact) mass is 345 g/mol. The number of para-hydroxylation sites is 1. The lowest BCUT2D eigenvalue weighted by molar-refractivity contribution is -0.136. The van der Waals surface area contributed by atoms with Crippen molar-refractivity contribution < 1.29 is 23.8 Å². The van der Waals surface area contributed by atoms with Crippen LogP contribution in [0.1, 0.15) is 34.2 Å². The number of aryl methyl sites for hydroxylation is 1. The fraction of sp³-hybridized carbons (Fsp3) is 0.368. The molecule has 0 aliphatic heterocycles. The number of hydrogen-bond donors (Lipinski definition) is 1. The van der Waals surface area contributed by atoms with E-state index in [2.05, 4.69) is 0 Å². The molecule has 1 amide bonds. The summed E-state index contributed by atoms with van der Waals surface area (Å²) in [4.78, 5) is 25.4. The van der Waals surface area contributed by atoms with E-state index in [1.165, 1.54) is 6.26 Å². The molecule has 6 heteroatoms. The number of methoxy groups -OCH3 is 1. The summed E-state index contributed by atoms with van der Waals surface area (Å²) in [7, 11) is 3.32. The average molecular weight is 345 g/mol. The van der Waals surface area contributed by atoms with Crippen LogP contribution in [0.15, 0.2) is 34.9 Å². The summed E-state index contributed by atoms with van der Waals surface area (Å²) in [6.45, 7) is 3.68. The summed E-state index contributed by atoms with van der Waals surface area (Å²) >= 11 is 0. The van der Waals surface area contributed by atoms with E-state index in [0.717, 1.165) is 11.3 Å². The first-order valence-electron chi connectivity index (χ1n) is 8.03. The van der Waals surface area contributed by atoms with E-state index in [1.54, 1.807) is 26.0 Å². The summed E-state index contributed by atoms with van der Waals surface area (Å²) in [5.74, 6) is -0.314. The van der Waals surface area contributed by atoms with Crippen molar-refractivity contribution in [3.05, 3.63) is 53.0 Å². The molecule has 0 bridgehead atoms. The van der Waals surface area contributed by atoms with Gasteiger partial charge in [-0.1, -0.05) is 18.2 Å². The van der Waals surface area contributed by atoms with Crippen LogP contribution in [0, 0.1) is 6.92 Å². The molecule has 0 spiro atoms. The van der Waals surface area contributed by atoms with Crippen molar-refractivity contribution in [2.75, 3.05) is 14.2 Å². The highest BCUT2D eigenvalue weighted by Gasteiger charge is 2.26. The third-order valence-corrected chi connectivity index (χ3v) is 4.27. The van der Waals surface area contributed by atoms with Crippen molar-refractivity contribution >= 4 is 11.9 Å². The largest absolute Gasteiger partial charge is 0.496 e. The van der Waals surface area contributed by atoms with Gasteiger partial charge >= 0.3 is 5.97 Å². The van der Waals surface area contributed by atoms with Gasteiger partial charge in [0.2, 0.25) is 0 Å². The Morgan fingerprint density at radius 3 is 2.64 bits per heavy atom. The zero-order chi connectivity index (χ0) is 18.6. The van der Waals surface area contributed by atoms with Gasteiger partial charge < -0.3 is 19.2 Å². The second kappa shape index (κ2) is 7.88. The molecule has 0 fully saturated rings. The number of likely N-dealkylation sites (N-methyl/N-ethyl adjacent to an activating group) is 1. The summed E-state index contributed by atoms with van der Waals surface area (Å²) in [5.41, 5.74) is 1.97. The Morgan fingerprint density at radius 2 is 2.00 bits per heavy atom. The third kappa shape index (κ3) is 4.21. The van der Waals surface area contributed by atoms with Gasteiger partial charge in [0, 0.05) is 18.7 Å². The predicted molar refractivity (Wildman–Crippen MR) is 93.0 cm³/mol. The summed E-state index contributed by atoms with van der Waals surface area (Å²) in [5, 5.41) is 8.98. The maximum Gasteiger partial charge on any atom is 0.311 e. The number of carbonyl (C=O) groups is 2. The summed E-state index contributed by atoms with van der Waals surface area (Å²) in [6.07, 6.45) is 1.73. The van der Waals surface area contributed by atoms with Crippen LogP contribution in [-0.2, 0) is 17.6 Å². The Morgan fingerprint density at radius 1 is 1.32 bits per heavy atom. The molecule has 0 saturated carbocycles. The van der Waals surface area contributed by atoms with E-state index in [4.69, 9.17) is 14.3 Å². The molecule has 0 radical (unpaired) electrons. The Labute approximate surface area is 147 Å². The molecule has 1 N–H and O–H groups in total. The highest BCUT2D eigenvalue weighted by atomic mass is 16.5. The van der Waals surface area contributed by atoms with E-state index in [0.29, 0.717) is 17.5 Å². The van der Waals surface area contributed by atoms with Crippen molar-refractivity contribution in [1.82, 2.24) is 4.90 Å². The predicted octanol–water partition coefficient (Wildman–Crippen LogP) is 2.93. The minimum atomic E-state index is -1.03. The van der Waals surface area contributed by atoms with Gasteiger partial charge in [-0.25, -0.2) is 0 Å². The number of benzene rings is 1. The number of hydrogen-bond acceptors (Lipinski definition) is 4. The molecule has 0 aliphatic carbocycles. The summed E-state index contributed by atoms with van der Waals surface area (Å²) in [6, 6.07) is 7.57. The first kappa shape index (κ1) is 18.6. The number of carbonyl (C=O) groups excluding carboxylic acids is 1. The highest BCUT2D eigenvalue weighted by Crippen LogP contribution is 2.23. The minimum Gasteiger partial charge on any atom is -0.496 e. The van der Waals surface area contributed by atoms with Gasteiger partial charge in [-0.15, -0.1) is 0 Å². The van der Waals surface area contributed by atoms with Crippen molar-refractivity contribution in [3.8, 4) is 5.75 Å². The highest BCUT2D eigenvalue weighted by molar-refractivity contribution is 5.97. The van der Waals surface area contributed by atoms with Crippen molar-refractivity contribution in [3.63, 3.8) is 0 Å². The second-order valence-corrected chi connectivity index (χ2v) is 6.07. The van der Waals surface area contributed by atoms with Gasteiger partial charge in [-0.05, 0) is 31.9 Å². The molecule has 0 saturated heterocycles. The molecular formula is C19H23NO5. The van der Waals surface area contributed by atoms with Crippen LogP contribution in [0.2, 0.25) is 0 Å². The normalized spacial score (nSPS) is 11.8. The van der Waals surface area contributed by atoms with Gasteiger partial charge in [0.25, 0.3) is 5.91 Å². The maximum absolute atomic E-state index is 12.9. The van der Waals surface area contributed by atoms with Crippen LogP contribution >= 0.6 is 0 Å². The number of aliphatic carboxylic acids is 1. The average Bonchev–Trinajstić information content (AvgIpc) is 2.93. The SMILES string of the molecule is COc1ccccc1CC(C)N(C)C(=O)c1c(C)coc1CC(=O)O. The maximum atomic E-state index is 12.9. The van der Waals surface area contributed by atoms with Gasteiger partial charge in [0.1, 0.15) is 17.9 Å². The molecular weight excluding hydrogens is 322 g/mol. The smallest absolute Gasteiger partial charge is 0.311 e. The van der Waals surface area contributed by atoms with Crippen LogP contribution in [0.5, 0.6) is 5.75 Å². The lowest BCUT2D eigenvalue weighted by Gasteiger charge is -2.26. The fourth-order valence-corrected chi connectivity index (χ4v) is 2.76. The van der Waals surface area contributed by atoms with Gasteiger partial charge in [0.15, 0.2) is 0 Å². The van der Waals surface area contributed by atoms with Gasteiger partial charge in [-0.3, -0.25) is 9.59 Å². The molecule has 1 aromatic heterocycles. The topological polar surface area (TPSA) is 80.0 Å². The number of nitrogens with zero attached hydrogens (tertiary/aromatic N) is 1. The zero-order valence-electron chi connectivity index (χ0n) is 14.9. The molecule has 1 heterocycles. The Kier molecular flexibility index (Phi) is 5.85. The second-order valence-electron chi connectivity index (χ2n) is 6.07. The first-order chi connectivity index (χ1) is 11.8. The van der Waals surface area contributed by atoms with E-state index < -0.39 is 5.97 Å². The quantitative estimate of drug-likeness (QED) is 0.834.